The Bertz CT molecular complexity index is 5090. The van der Waals surface area contributed by atoms with E-state index < -0.39 is 24.2 Å². The first-order valence-corrected chi connectivity index (χ1v) is 28.9. The molecule has 402 valence electrons. The highest BCUT2D eigenvalue weighted by Gasteiger charge is 2.44. The normalized spacial score (nSPS) is 14.6. The van der Waals surface area contributed by atoms with E-state index in [4.69, 9.17) is 5.48 Å². The Balaban J connectivity index is 1.04. The second kappa shape index (κ2) is 18.6. The number of benzene rings is 11. The number of hydrogen-bond donors (Lipinski definition) is 0. The van der Waals surface area contributed by atoms with E-state index in [-0.39, 0.29) is 68.9 Å². The van der Waals surface area contributed by atoms with E-state index in [0.717, 1.165) is 89.5 Å². The summed E-state index contributed by atoms with van der Waals surface area (Å²) in [7, 11) is 0. The number of rotatable bonds is 6. The first-order valence-electron chi connectivity index (χ1n) is 32.9. The molecule has 83 heavy (non-hydrogen) atoms. The van der Waals surface area contributed by atoms with Crippen molar-refractivity contribution in [3.05, 3.63) is 259 Å². The van der Waals surface area contributed by atoms with E-state index in [1.54, 1.807) is 4.57 Å². The van der Waals surface area contributed by atoms with Crippen molar-refractivity contribution < 1.29 is 11.0 Å². The van der Waals surface area contributed by atoms with Gasteiger partial charge in [0.1, 0.15) is 0 Å². The molecule has 0 fully saturated rings. The lowest BCUT2D eigenvalue weighted by Crippen LogP contribution is -2.61. The van der Waals surface area contributed by atoms with Crippen LogP contribution in [0.4, 0.5) is 34.1 Å². The second-order valence-electron chi connectivity index (χ2n) is 25.6. The topological polar surface area (TPSA) is 16.3 Å². The van der Waals surface area contributed by atoms with E-state index in [2.05, 4.69) is 259 Å². The predicted octanol–water partition coefficient (Wildman–Crippen LogP) is 19.2. The lowest BCUT2D eigenvalue weighted by molar-refractivity contribution is 0.569. The van der Waals surface area contributed by atoms with Crippen LogP contribution in [-0.4, -0.2) is 15.8 Å². The van der Waals surface area contributed by atoms with Crippen molar-refractivity contribution in [2.24, 2.45) is 0 Å². The molecule has 0 aliphatic carbocycles. The summed E-state index contributed by atoms with van der Waals surface area (Å²) in [5.74, 6) is 0. The molecule has 13 aromatic rings. The molecular formula is C78H67BN4. The molecule has 0 saturated carbocycles. The number of hydrogen-bond acceptors (Lipinski definition) is 2. The highest BCUT2D eigenvalue weighted by Crippen LogP contribution is 2.49. The standard InChI is InChI=1S/C78H67BN4/c1-76(2,3)53-38-36-50(37-39-53)59-24-10-15-29-66(59)83-72-35-21-34-71-75(72)79(65-43-41-58(49-74(65)83)81-69-32-18-13-27-62(69)63-28-14-19-33-70(63)81)64-42-40-57(80-67-30-16-11-25-60(67)61-26-12-17-31-68(61)80)48-73(64)82(71)56-23-20-22-51(46-56)52-44-54(77(4,5)6)47-55(45-52)78(7,8)9/h10-49H,1-9H3/i11D,12D,16D,17D,25D,26D,30D,31D. The van der Waals surface area contributed by atoms with Crippen LogP contribution in [0.15, 0.2) is 242 Å². The van der Waals surface area contributed by atoms with Crippen LogP contribution in [0.5, 0.6) is 0 Å². The van der Waals surface area contributed by atoms with Crippen LogP contribution >= 0.6 is 0 Å². The highest BCUT2D eigenvalue weighted by molar-refractivity contribution is 7.00. The van der Waals surface area contributed by atoms with Crippen LogP contribution in [0.25, 0.3) is 77.2 Å². The SMILES string of the molecule is [2H]c1c([2H])c([2H])c2c(c1[2H])c1c([2H])c([2H])c([2H])c([2H])c1n2-c1ccc2c(c1)N(c1cccc(-c3cc(C(C)(C)C)cc(C(C)(C)C)c3)c1)c1cccc3c1B2c1ccc(-n2c4ccccc4c4ccccc42)cc1N3c1ccccc1-c1ccc(C(C)(C)C)cc1. The van der Waals surface area contributed by atoms with E-state index >= 15 is 0 Å². The third kappa shape index (κ3) is 8.10. The van der Waals surface area contributed by atoms with Gasteiger partial charge in [0.25, 0.3) is 6.71 Å². The maximum atomic E-state index is 9.55. The van der Waals surface area contributed by atoms with Crippen molar-refractivity contribution in [2.75, 3.05) is 9.80 Å². The van der Waals surface area contributed by atoms with Crippen LogP contribution in [-0.2, 0) is 16.2 Å². The zero-order chi connectivity index (χ0) is 63.6. The summed E-state index contributed by atoms with van der Waals surface area (Å²) in [5, 5.41) is 2.39. The quantitative estimate of drug-likeness (QED) is 0.154. The molecule has 0 unspecified atom stereocenters. The van der Waals surface area contributed by atoms with Gasteiger partial charge in [0.2, 0.25) is 0 Å². The summed E-state index contributed by atoms with van der Waals surface area (Å²) in [6.07, 6.45) is 0. The minimum absolute atomic E-state index is 0.0307. The average Bonchev–Trinajstić information content (AvgIpc) is 1.66. The number of aromatic nitrogens is 2. The van der Waals surface area contributed by atoms with Gasteiger partial charge in [-0.05, 0) is 145 Å². The van der Waals surface area contributed by atoms with Crippen LogP contribution in [0.3, 0.4) is 0 Å². The minimum atomic E-state index is -0.483. The molecule has 0 N–H and O–H groups in total. The second-order valence-corrected chi connectivity index (χ2v) is 25.6. The maximum absolute atomic E-state index is 9.55. The molecule has 2 aliphatic heterocycles. The highest BCUT2D eigenvalue weighted by atomic mass is 15.2. The lowest BCUT2D eigenvalue weighted by Gasteiger charge is -2.44. The van der Waals surface area contributed by atoms with Crippen LogP contribution in [0, 0.1) is 0 Å². The Morgan fingerprint density at radius 1 is 0.325 bits per heavy atom. The molecule has 0 atom stereocenters. The molecule has 2 aromatic heterocycles. The maximum Gasteiger partial charge on any atom is 0.252 e. The summed E-state index contributed by atoms with van der Waals surface area (Å²) in [6.45, 7) is 19.9. The summed E-state index contributed by atoms with van der Waals surface area (Å²) in [5.41, 5.74) is 20.3. The van der Waals surface area contributed by atoms with Crippen molar-refractivity contribution >= 4 is 101 Å². The molecule has 0 spiro atoms. The fourth-order valence-electron chi connectivity index (χ4n) is 13.1. The van der Waals surface area contributed by atoms with Gasteiger partial charge in [-0.1, -0.05) is 226 Å². The van der Waals surface area contributed by atoms with Gasteiger partial charge >= 0.3 is 0 Å². The lowest BCUT2D eigenvalue weighted by atomic mass is 9.33. The van der Waals surface area contributed by atoms with Gasteiger partial charge in [-0.25, -0.2) is 0 Å². The van der Waals surface area contributed by atoms with E-state index in [9.17, 15) is 5.48 Å². The van der Waals surface area contributed by atoms with Crippen molar-refractivity contribution in [1.29, 1.82) is 0 Å². The molecule has 0 saturated heterocycles. The summed E-state index contributed by atoms with van der Waals surface area (Å²) in [4.78, 5) is 4.79. The minimum Gasteiger partial charge on any atom is -0.311 e. The first kappa shape index (κ1) is 42.5. The molecule has 0 bridgehead atoms. The third-order valence-electron chi connectivity index (χ3n) is 17.4. The Kier molecular flexibility index (Phi) is 9.53. The van der Waals surface area contributed by atoms with Gasteiger partial charge in [0.05, 0.1) is 38.7 Å². The van der Waals surface area contributed by atoms with Gasteiger partial charge in [0.15, 0.2) is 0 Å². The van der Waals surface area contributed by atoms with Gasteiger partial charge in [-0.15, -0.1) is 0 Å². The smallest absolute Gasteiger partial charge is 0.252 e. The van der Waals surface area contributed by atoms with Crippen molar-refractivity contribution in [2.45, 2.75) is 78.6 Å². The van der Waals surface area contributed by atoms with E-state index in [1.165, 1.54) is 27.5 Å². The molecule has 0 amide bonds. The zero-order valence-corrected chi connectivity index (χ0v) is 48.3. The monoisotopic (exact) mass is 1080 g/mol. The van der Waals surface area contributed by atoms with Gasteiger partial charge in [-0.3, -0.25) is 0 Å². The molecule has 4 nitrogen and oxygen atoms in total. The molecule has 4 heterocycles. The van der Waals surface area contributed by atoms with Crippen molar-refractivity contribution in [3.63, 3.8) is 0 Å². The molecular weight excluding hydrogens is 1000 g/mol. The molecule has 11 aromatic carbocycles. The number of fused-ring (bicyclic) bond motifs is 10. The largest absolute Gasteiger partial charge is 0.311 e. The summed E-state index contributed by atoms with van der Waals surface area (Å²) in [6, 6.07) is 66.9. The Hall–Kier alpha value is -9.32. The van der Waals surface area contributed by atoms with Crippen LogP contribution in [0.1, 0.15) is 90.0 Å². The molecule has 2 aliphatic rings. The zero-order valence-electron chi connectivity index (χ0n) is 56.3. The van der Waals surface area contributed by atoms with E-state index in [0.29, 0.717) is 5.69 Å². The predicted molar refractivity (Wildman–Crippen MR) is 356 cm³/mol. The Labute approximate surface area is 499 Å². The first-order chi connectivity index (χ1) is 43.4. The fourth-order valence-corrected chi connectivity index (χ4v) is 13.1. The number of para-hydroxylation sites is 5. The summed E-state index contributed by atoms with van der Waals surface area (Å²) >= 11 is 0. The third-order valence-corrected chi connectivity index (χ3v) is 17.4. The van der Waals surface area contributed by atoms with E-state index in [1.807, 2.05) is 12.1 Å². The number of nitrogens with zero attached hydrogens (tertiary/aromatic N) is 4. The van der Waals surface area contributed by atoms with Crippen LogP contribution < -0.4 is 26.2 Å². The molecule has 5 heteroatoms. The van der Waals surface area contributed by atoms with Gasteiger partial charge < -0.3 is 18.9 Å². The van der Waals surface area contributed by atoms with Crippen molar-refractivity contribution in [3.8, 4) is 33.6 Å². The Morgan fingerprint density at radius 3 is 1.41 bits per heavy atom. The average molecular weight is 1080 g/mol. The van der Waals surface area contributed by atoms with Crippen molar-refractivity contribution in [1.82, 2.24) is 9.13 Å². The molecule has 15 rings (SSSR count). The summed E-state index contributed by atoms with van der Waals surface area (Å²) < 4.78 is 77.5. The molecule has 0 radical (unpaired) electrons. The van der Waals surface area contributed by atoms with Gasteiger partial charge in [0, 0.05) is 66.9 Å². The number of anilines is 6. The van der Waals surface area contributed by atoms with Crippen LogP contribution in [0.2, 0.25) is 0 Å². The fraction of sp³-hybridized carbons (Fsp3) is 0.154. The van der Waals surface area contributed by atoms with Gasteiger partial charge in [-0.2, -0.15) is 0 Å². The Morgan fingerprint density at radius 2 is 0.819 bits per heavy atom.